The van der Waals surface area contributed by atoms with Crippen LogP contribution in [-0.2, 0) is 6.54 Å². The molecule has 1 atom stereocenters. The fourth-order valence-corrected chi connectivity index (χ4v) is 3.98. The molecule has 6 heteroatoms. The van der Waals surface area contributed by atoms with E-state index in [2.05, 4.69) is 58.0 Å². The Morgan fingerprint density at radius 2 is 2.19 bits per heavy atom. The molecule has 0 aromatic carbocycles. The summed E-state index contributed by atoms with van der Waals surface area (Å²) in [6.07, 6.45) is 1.17. The molecule has 0 radical (unpaired) electrons. The van der Waals surface area contributed by atoms with Crippen LogP contribution < -0.4 is 0 Å². The average Bonchev–Trinajstić information content (AvgIpc) is 3.10. The van der Waals surface area contributed by atoms with E-state index in [-0.39, 0.29) is 0 Å². The summed E-state index contributed by atoms with van der Waals surface area (Å²) in [4.78, 5) is 3.82. The largest absolute Gasteiger partial charge is 0.296 e. The van der Waals surface area contributed by atoms with E-state index in [1.165, 1.54) is 17.0 Å². The Balaban J connectivity index is 1.67. The van der Waals surface area contributed by atoms with Gasteiger partial charge in [-0.3, -0.25) is 9.58 Å². The first-order valence-electron chi connectivity index (χ1n) is 7.61. The smallest absolute Gasteiger partial charge is 0.0826 e. The number of rotatable bonds is 4. The monoisotopic (exact) mass is 305 g/mol. The molecule has 3 rings (SSSR count). The van der Waals surface area contributed by atoms with Gasteiger partial charge in [0, 0.05) is 25.3 Å². The Morgan fingerprint density at radius 1 is 1.38 bits per heavy atom. The number of aromatic nitrogens is 4. The Morgan fingerprint density at radius 3 is 2.86 bits per heavy atom. The Bertz CT molecular complexity index is 615. The van der Waals surface area contributed by atoms with Crippen LogP contribution in [-0.4, -0.2) is 37.4 Å². The van der Waals surface area contributed by atoms with E-state index in [0.717, 1.165) is 31.0 Å². The van der Waals surface area contributed by atoms with Crippen molar-refractivity contribution in [3.05, 3.63) is 28.0 Å². The molecule has 114 valence electrons. The molecule has 1 aliphatic rings. The summed E-state index contributed by atoms with van der Waals surface area (Å²) in [6.45, 7) is 11.7. The highest BCUT2D eigenvalue weighted by Crippen LogP contribution is 2.27. The van der Waals surface area contributed by atoms with Gasteiger partial charge >= 0.3 is 0 Å². The zero-order valence-electron chi connectivity index (χ0n) is 13.2. The third-order valence-corrected chi connectivity index (χ3v) is 4.86. The van der Waals surface area contributed by atoms with Crippen LogP contribution in [0.4, 0.5) is 0 Å². The Hall–Kier alpha value is -1.27. The molecule has 2 aromatic heterocycles. The van der Waals surface area contributed by atoms with Gasteiger partial charge in [0.15, 0.2) is 0 Å². The first-order chi connectivity index (χ1) is 10.0. The Kier molecular flexibility index (Phi) is 4.08. The van der Waals surface area contributed by atoms with E-state index in [1.54, 1.807) is 11.5 Å². The molecular formula is C15H23N5S. The number of hydrogen-bond acceptors (Lipinski definition) is 5. The predicted octanol–water partition coefficient (Wildman–Crippen LogP) is 2.92. The van der Waals surface area contributed by atoms with Crippen LogP contribution in [0.15, 0.2) is 6.07 Å². The van der Waals surface area contributed by atoms with Crippen molar-refractivity contribution in [2.24, 2.45) is 0 Å². The lowest BCUT2D eigenvalue weighted by molar-refractivity contribution is 0.311. The highest BCUT2D eigenvalue weighted by Gasteiger charge is 2.27. The van der Waals surface area contributed by atoms with Gasteiger partial charge in [-0.1, -0.05) is 18.3 Å². The second-order valence-electron chi connectivity index (χ2n) is 6.29. The maximum Gasteiger partial charge on any atom is 0.0826 e. The molecule has 1 aliphatic heterocycles. The van der Waals surface area contributed by atoms with Crippen molar-refractivity contribution in [1.29, 1.82) is 0 Å². The number of nitrogens with zero attached hydrogens (tertiary/aromatic N) is 5. The minimum Gasteiger partial charge on any atom is -0.296 e. The van der Waals surface area contributed by atoms with Crippen molar-refractivity contribution in [2.75, 3.05) is 13.1 Å². The third kappa shape index (κ3) is 3.01. The van der Waals surface area contributed by atoms with Gasteiger partial charge < -0.3 is 0 Å². The van der Waals surface area contributed by atoms with Crippen molar-refractivity contribution in [3.8, 4) is 0 Å². The second-order valence-corrected chi connectivity index (χ2v) is 7.12. The molecule has 0 amide bonds. The fourth-order valence-electron chi connectivity index (χ4n) is 3.14. The second kappa shape index (κ2) is 5.85. The van der Waals surface area contributed by atoms with Gasteiger partial charge in [0.2, 0.25) is 0 Å². The summed E-state index contributed by atoms with van der Waals surface area (Å²) in [6, 6.07) is 2.66. The molecule has 0 spiro atoms. The minimum absolute atomic E-state index is 0.452. The standard InChI is InChI=1S/C15H23N5S/c1-10(2)15-14(21-18-16-15)9-19-6-5-13(8-19)20-12(4)7-11(3)17-20/h7,10,13H,5-6,8-9H2,1-4H3. The molecular weight excluding hydrogens is 282 g/mol. The van der Waals surface area contributed by atoms with Crippen LogP contribution in [0.2, 0.25) is 0 Å². The predicted molar refractivity (Wildman–Crippen MR) is 84.6 cm³/mol. The number of aryl methyl sites for hydroxylation is 2. The zero-order chi connectivity index (χ0) is 15.0. The normalized spacial score (nSPS) is 19.8. The lowest BCUT2D eigenvalue weighted by atomic mass is 10.1. The molecule has 0 aliphatic carbocycles. The first kappa shape index (κ1) is 14.7. The number of hydrogen-bond donors (Lipinski definition) is 0. The fraction of sp³-hybridized carbons (Fsp3) is 0.667. The van der Waals surface area contributed by atoms with Crippen LogP contribution in [0.3, 0.4) is 0 Å². The van der Waals surface area contributed by atoms with E-state index in [4.69, 9.17) is 0 Å². The molecule has 21 heavy (non-hydrogen) atoms. The van der Waals surface area contributed by atoms with Crippen LogP contribution in [0, 0.1) is 13.8 Å². The zero-order valence-corrected chi connectivity index (χ0v) is 14.0. The highest BCUT2D eigenvalue weighted by molar-refractivity contribution is 7.05. The Labute approximate surface area is 130 Å². The molecule has 2 aromatic rings. The number of likely N-dealkylation sites (tertiary alicyclic amines) is 1. The maximum absolute atomic E-state index is 4.64. The van der Waals surface area contributed by atoms with Crippen LogP contribution in [0.25, 0.3) is 0 Å². The van der Waals surface area contributed by atoms with Gasteiger partial charge in [0.25, 0.3) is 0 Å². The summed E-state index contributed by atoms with van der Waals surface area (Å²) in [5, 5.41) is 8.91. The topological polar surface area (TPSA) is 46.8 Å². The maximum atomic E-state index is 4.64. The third-order valence-electron chi connectivity index (χ3n) is 4.14. The summed E-state index contributed by atoms with van der Waals surface area (Å²) in [7, 11) is 0. The highest BCUT2D eigenvalue weighted by atomic mass is 32.1. The van der Waals surface area contributed by atoms with Crippen LogP contribution in [0.5, 0.6) is 0 Å². The molecule has 0 N–H and O–H groups in total. The molecule has 0 bridgehead atoms. The average molecular weight is 305 g/mol. The van der Waals surface area contributed by atoms with Gasteiger partial charge in [-0.25, -0.2) is 0 Å². The lowest BCUT2D eigenvalue weighted by Crippen LogP contribution is -2.22. The van der Waals surface area contributed by atoms with E-state index in [1.807, 2.05) is 0 Å². The van der Waals surface area contributed by atoms with Crippen LogP contribution in [0.1, 0.15) is 54.2 Å². The van der Waals surface area contributed by atoms with Crippen molar-refractivity contribution < 1.29 is 0 Å². The van der Waals surface area contributed by atoms with E-state index in [9.17, 15) is 0 Å². The van der Waals surface area contributed by atoms with Gasteiger partial charge in [-0.2, -0.15) is 5.10 Å². The van der Waals surface area contributed by atoms with Gasteiger partial charge in [0.1, 0.15) is 0 Å². The quantitative estimate of drug-likeness (QED) is 0.871. The van der Waals surface area contributed by atoms with Gasteiger partial charge in [-0.15, -0.1) is 5.10 Å². The summed E-state index contributed by atoms with van der Waals surface area (Å²) < 4.78 is 6.33. The van der Waals surface area contributed by atoms with Crippen LogP contribution >= 0.6 is 11.5 Å². The van der Waals surface area contributed by atoms with E-state index < -0.39 is 0 Å². The van der Waals surface area contributed by atoms with E-state index >= 15 is 0 Å². The summed E-state index contributed by atoms with van der Waals surface area (Å²) in [5.74, 6) is 0.452. The molecule has 1 saturated heterocycles. The molecule has 0 saturated carbocycles. The van der Waals surface area contributed by atoms with Gasteiger partial charge in [-0.05, 0) is 43.8 Å². The summed E-state index contributed by atoms with van der Waals surface area (Å²) >= 11 is 1.54. The molecule has 1 unspecified atom stereocenters. The summed E-state index contributed by atoms with van der Waals surface area (Å²) in [5.41, 5.74) is 3.54. The SMILES string of the molecule is Cc1cc(C)n(C2CCN(Cc3snnc3C(C)C)C2)n1. The van der Waals surface area contributed by atoms with Crippen molar-refractivity contribution in [2.45, 2.75) is 52.6 Å². The lowest BCUT2D eigenvalue weighted by Gasteiger charge is -2.17. The van der Waals surface area contributed by atoms with Crippen molar-refractivity contribution in [1.82, 2.24) is 24.3 Å². The van der Waals surface area contributed by atoms with Crippen molar-refractivity contribution >= 4 is 11.5 Å². The van der Waals surface area contributed by atoms with E-state index in [0.29, 0.717) is 12.0 Å². The molecule has 3 heterocycles. The molecule has 5 nitrogen and oxygen atoms in total. The van der Waals surface area contributed by atoms with Gasteiger partial charge in [0.05, 0.1) is 22.3 Å². The van der Waals surface area contributed by atoms with Crippen molar-refractivity contribution in [3.63, 3.8) is 0 Å². The minimum atomic E-state index is 0.452. The molecule has 1 fully saturated rings. The first-order valence-corrected chi connectivity index (χ1v) is 8.38.